The van der Waals surface area contributed by atoms with Crippen LogP contribution in [0.1, 0.15) is 51.4 Å². The molecule has 1 atom stereocenters. The van der Waals surface area contributed by atoms with Gasteiger partial charge in [0, 0.05) is 18.3 Å². The van der Waals surface area contributed by atoms with Gasteiger partial charge in [0.1, 0.15) is 0 Å². The number of nitrogens with two attached hydrogens (primary N) is 1. The molecule has 0 saturated heterocycles. The number of hydrogen-bond donors (Lipinski definition) is 1. The molecular weight excluding hydrogens is 198 g/mol. The van der Waals surface area contributed by atoms with Gasteiger partial charge in [-0.05, 0) is 45.1 Å². The van der Waals surface area contributed by atoms with Crippen LogP contribution >= 0.6 is 0 Å². The summed E-state index contributed by atoms with van der Waals surface area (Å²) in [4.78, 5) is 0. The standard InChI is InChI=1S/C13H25N3/c1-4-11(14)8-7-9-13-10-12(5-2)15-16(13)6-3/h10-11H,4-9,14H2,1-3H3. The van der Waals surface area contributed by atoms with Crippen LogP contribution < -0.4 is 5.73 Å². The first-order valence-electron chi connectivity index (χ1n) is 6.52. The Morgan fingerprint density at radius 3 is 2.69 bits per heavy atom. The Bertz CT molecular complexity index is 304. The third kappa shape index (κ3) is 3.63. The summed E-state index contributed by atoms with van der Waals surface area (Å²) in [7, 11) is 0. The Balaban J connectivity index is 2.49. The molecule has 0 aliphatic carbocycles. The molecule has 2 N–H and O–H groups in total. The summed E-state index contributed by atoms with van der Waals surface area (Å²) in [5.74, 6) is 0. The maximum absolute atomic E-state index is 5.92. The van der Waals surface area contributed by atoms with Crippen LogP contribution in [-0.2, 0) is 19.4 Å². The maximum atomic E-state index is 5.92. The van der Waals surface area contributed by atoms with Gasteiger partial charge in [-0.2, -0.15) is 5.10 Å². The molecule has 1 rings (SSSR count). The van der Waals surface area contributed by atoms with Gasteiger partial charge in [0.2, 0.25) is 0 Å². The van der Waals surface area contributed by atoms with Gasteiger partial charge in [0.15, 0.2) is 0 Å². The molecule has 1 heterocycles. The zero-order chi connectivity index (χ0) is 12.0. The van der Waals surface area contributed by atoms with E-state index in [9.17, 15) is 0 Å². The van der Waals surface area contributed by atoms with Crippen LogP contribution in [0.5, 0.6) is 0 Å². The minimum Gasteiger partial charge on any atom is -0.328 e. The Morgan fingerprint density at radius 1 is 1.38 bits per heavy atom. The van der Waals surface area contributed by atoms with E-state index in [-0.39, 0.29) is 0 Å². The Kier molecular flexibility index (Phi) is 5.53. The van der Waals surface area contributed by atoms with Crippen LogP contribution in [-0.4, -0.2) is 15.8 Å². The number of nitrogens with zero attached hydrogens (tertiary/aromatic N) is 2. The van der Waals surface area contributed by atoms with Gasteiger partial charge in [-0.15, -0.1) is 0 Å². The molecule has 16 heavy (non-hydrogen) atoms. The first-order valence-corrected chi connectivity index (χ1v) is 6.52. The van der Waals surface area contributed by atoms with Crippen molar-refractivity contribution in [2.75, 3.05) is 0 Å². The van der Waals surface area contributed by atoms with Crippen LogP contribution in [0.3, 0.4) is 0 Å². The highest BCUT2D eigenvalue weighted by Gasteiger charge is 2.06. The number of rotatable bonds is 7. The average Bonchev–Trinajstić information content (AvgIpc) is 2.71. The van der Waals surface area contributed by atoms with Crippen LogP contribution in [0.15, 0.2) is 6.07 Å². The molecular formula is C13H25N3. The van der Waals surface area contributed by atoms with Crippen LogP contribution in [0.2, 0.25) is 0 Å². The Hall–Kier alpha value is -0.830. The summed E-state index contributed by atoms with van der Waals surface area (Å²) in [6.07, 6.45) is 5.49. The second-order valence-electron chi connectivity index (χ2n) is 4.36. The molecule has 0 spiro atoms. The minimum atomic E-state index is 0.364. The lowest BCUT2D eigenvalue weighted by molar-refractivity contribution is 0.546. The fourth-order valence-corrected chi connectivity index (χ4v) is 1.91. The van der Waals surface area contributed by atoms with E-state index in [1.807, 2.05) is 0 Å². The van der Waals surface area contributed by atoms with Crippen molar-refractivity contribution in [3.05, 3.63) is 17.5 Å². The average molecular weight is 223 g/mol. The van der Waals surface area contributed by atoms with Crippen molar-refractivity contribution in [3.63, 3.8) is 0 Å². The first kappa shape index (κ1) is 13.2. The number of aryl methyl sites for hydroxylation is 3. The normalized spacial score (nSPS) is 13.0. The van der Waals surface area contributed by atoms with E-state index in [1.165, 1.54) is 17.8 Å². The predicted molar refractivity (Wildman–Crippen MR) is 68.5 cm³/mol. The smallest absolute Gasteiger partial charge is 0.0624 e. The first-order chi connectivity index (χ1) is 7.71. The summed E-state index contributed by atoms with van der Waals surface area (Å²) in [5, 5.41) is 4.55. The second kappa shape index (κ2) is 6.69. The third-order valence-corrected chi connectivity index (χ3v) is 3.11. The molecule has 0 aromatic carbocycles. The maximum Gasteiger partial charge on any atom is 0.0624 e. The molecule has 0 saturated carbocycles. The third-order valence-electron chi connectivity index (χ3n) is 3.11. The van der Waals surface area contributed by atoms with Gasteiger partial charge in [-0.3, -0.25) is 4.68 Å². The highest BCUT2D eigenvalue weighted by molar-refractivity contribution is 5.10. The van der Waals surface area contributed by atoms with Crippen LogP contribution in [0, 0.1) is 0 Å². The van der Waals surface area contributed by atoms with Crippen molar-refractivity contribution in [3.8, 4) is 0 Å². The van der Waals surface area contributed by atoms with E-state index in [0.29, 0.717) is 6.04 Å². The number of aromatic nitrogens is 2. The topological polar surface area (TPSA) is 43.8 Å². The van der Waals surface area contributed by atoms with Gasteiger partial charge in [0.05, 0.1) is 5.69 Å². The number of hydrogen-bond acceptors (Lipinski definition) is 2. The molecule has 3 heteroatoms. The van der Waals surface area contributed by atoms with Gasteiger partial charge < -0.3 is 5.73 Å². The zero-order valence-corrected chi connectivity index (χ0v) is 10.9. The molecule has 1 unspecified atom stereocenters. The SMILES string of the molecule is CCc1cc(CCCC(N)CC)n(CC)n1. The molecule has 0 radical (unpaired) electrons. The fraction of sp³-hybridized carbons (Fsp3) is 0.769. The van der Waals surface area contributed by atoms with Crippen LogP contribution in [0.25, 0.3) is 0 Å². The zero-order valence-electron chi connectivity index (χ0n) is 10.9. The summed E-state index contributed by atoms with van der Waals surface area (Å²) in [6, 6.07) is 2.60. The molecule has 92 valence electrons. The molecule has 0 aliphatic rings. The van der Waals surface area contributed by atoms with Crippen molar-refractivity contribution in [2.24, 2.45) is 5.73 Å². The molecule has 1 aromatic rings. The van der Waals surface area contributed by atoms with E-state index in [1.54, 1.807) is 0 Å². The lowest BCUT2D eigenvalue weighted by Crippen LogP contribution is -2.18. The largest absolute Gasteiger partial charge is 0.328 e. The van der Waals surface area contributed by atoms with Crippen molar-refractivity contribution in [1.82, 2.24) is 9.78 Å². The predicted octanol–water partition coefficient (Wildman–Crippen LogP) is 2.53. The monoisotopic (exact) mass is 223 g/mol. The van der Waals surface area contributed by atoms with Crippen molar-refractivity contribution in [1.29, 1.82) is 0 Å². The Labute approximate surface area is 99.0 Å². The van der Waals surface area contributed by atoms with E-state index in [2.05, 4.69) is 36.6 Å². The van der Waals surface area contributed by atoms with E-state index >= 15 is 0 Å². The van der Waals surface area contributed by atoms with E-state index in [4.69, 9.17) is 5.73 Å². The van der Waals surface area contributed by atoms with Crippen molar-refractivity contribution >= 4 is 0 Å². The highest BCUT2D eigenvalue weighted by atomic mass is 15.3. The summed E-state index contributed by atoms with van der Waals surface area (Å²) >= 11 is 0. The molecule has 3 nitrogen and oxygen atoms in total. The lowest BCUT2D eigenvalue weighted by Gasteiger charge is -2.08. The fourth-order valence-electron chi connectivity index (χ4n) is 1.91. The van der Waals surface area contributed by atoms with Gasteiger partial charge in [0.25, 0.3) is 0 Å². The Morgan fingerprint density at radius 2 is 2.12 bits per heavy atom. The second-order valence-corrected chi connectivity index (χ2v) is 4.36. The quantitative estimate of drug-likeness (QED) is 0.772. The molecule has 1 aromatic heterocycles. The van der Waals surface area contributed by atoms with Gasteiger partial charge in [-0.25, -0.2) is 0 Å². The van der Waals surface area contributed by atoms with Crippen LogP contribution in [0.4, 0.5) is 0 Å². The van der Waals surface area contributed by atoms with E-state index in [0.717, 1.165) is 32.2 Å². The lowest BCUT2D eigenvalue weighted by atomic mass is 10.1. The molecule has 0 aliphatic heterocycles. The summed E-state index contributed by atoms with van der Waals surface area (Å²) in [6.45, 7) is 7.41. The molecule has 0 fully saturated rings. The minimum absolute atomic E-state index is 0.364. The summed E-state index contributed by atoms with van der Waals surface area (Å²) < 4.78 is 2.12. The van der Waals surface area contributed by atoms with Gasteiger partial charge >= 0.3 is 0 Å². The molecule has 0 bridgehead atoms. The van der Waals surface area contributed by atoms with Crippen molar-refractivity contribution in [2.45, 2.75) is 65.5 Å². The van der Waals surface area contributed by atoms with Gasteiger partial charge in [-0.1, -0.05) is 13.8 Å². The molecule has 0 amide bonds. The van der Waals surface area contributed by atoms with E-state index < -0.39 is 0 Å². The summed E-state index contributed by atoms with van der Waals surface area (Å²) in [5.41, 5.74) is 8.49. The highest BCUT2D eigenvalue weighted by Crippen LogP contribution is 2.10. The van der Waals surface area contributed by atoms with Crippen molar-refractivity contribution < 1.29 is 0 Å².